The predicted octanol–water partition coefficient (Wildman–Crippen LogP) is 8.97. The van der Waals surface area contributed by atoms with Gasteiger partial charge in [-0.3, -0.25) is 4.79 Å². The van der Waals surface area contributed by atoms with E-state index in [-0.39, 0.29) is 25.6 Å². The molecule has 7 N–H and O–H groups in total. The number of aliphatic hydroxyl groups excluding tert-OH is 7. The van der Waals surface area contributed by atoms with Crippen LogP contribution in [-0.2, 0) is 33.2 Å². The molecule has 2 aliphatic heterocycles. The minimum atomic E-state index is -1.71. The highest BCUT2D eigenvalue weighted by molar-refractivity contribution is 5.69. The summed E-state index contributed by atoms with van der Waals surface area (Å²) >= 11 is 0. The van der Waals surface area contributed by atoms with Gasteiger partial charge in [0, 0.05) is 13.0 Å². The summed E-state index contributed by atoms with van der Waals surface area (Å²) in [5.74, 6) is -0.382. The van der Waals surface area contributed by atoms with Crippen LogP contribution in [-0.4, -0.2) is 142 Å². The van der Waals surface area contributed by atoms with Gasteiger partial charge in [-0.25, -0.2) is 0 Å². The van der Waals surface area contributed by atoms with Crippen LogP contribution in [0.3, 0.4) is 0 Å². The first-order valence-electron chi connectivity index (χ1n) is 27.6. The Kier molecular flexibility index (Phi) is 39.2. The van der Waals surface area contributed by atoms with E-state index < -0.39 is 80.7 Å². The van der Waals surface area contributed by atoms with E-state index in [1.807, 2.05) is 0 Å². The van der Waals surface area contributed by atoms with E-state index in [1.165, 1.54) is 122 Å². The van der Waals surface area contributed by atoms with Crippen LogP contribution < -0.4 is 0 Å². The van der Waals surface area contributed by atoms with Gasteiger partial charge < -0.3 is 64.2 Å². The zero-order chi connectivity index (χ0) is 50.2. The van der Waals surface area contributed by atoms with E-state index in [0.717, 1.165) is 57.8 Å². The van der Waals surface area contributed by atoms with Crippen molar-refractivity contribution in [3.8, 4) is 0 Å². The van der Waals surface area contributed by atoms with Crippen molar-refractivity contribution >= 4 is 5.97 Å². The number of carbonyl (C=O) groups excluding carboxylic acids is 1. The Balaban J connectivity index is 1.74. The van der Waals surface area contributed by atoms with Crippen LogP contribution in [0, 0.1) is 0 Å². The minimum absolute atomic E-state index is 0.0568. The number of carbonyl (C=O) groups is 1. The van der Waals surface area contributed by atoms with Crippen molar-refractivity contribution in [3.05, 3.63) is 36.5 Å². The third-order valence-electron chi connectivity index (χ3n) is 13.1. The molecule has 0 bridgehead atoms. The highest BCUT2D eigenvalue weighted by atomic mass is 16.7. The van der Waals surface area contributed by atoms with E-state index in [0.29, 0.717) is 13.0 Å². The maximum absolute atomic E-state index is 13.0. The summed E-state index contributed by atoms with van der Waals surface area (Å²) in [5, 5.41) is 72.2. The molecule has 11 unspecified atom stereocenters. The molecule has 0 aliphatic carbocycles. The Bertz CT molecular complexity index is 1280. The van der Waals surface area contributed by atoms with Gasteiger partial charge in [-0.1, -0.05) is 166 Å². The minimum Gasteiger partial charge on any atom is -0.457 e. The molecule has 2 heterocycles. The quantitative estimate of drug-likeness (QED) is 0.0173. The fraction of sp³-hybridized carbons (Fsp3) is 0.873. The van der Waals surface area contributed by atoms with Crippen molar-refractivity contribution in [2.24, 2.45) is 0 Å². The zero-order valence-electron chi connectivity index (χ0n) is 43.1. The van der Waals surface area contributed by atoms with Gasteiger partial charge in [0.05, 0.1) is 26.4 Å². The second-order valence-electron chi connectivity index (χ2n) is 19.4. The van der Waals surface area contributed by atoms with Crippen LogP contribution >= 0.6 is 0 Å². The van der Waals surface area contributed by atoms with Gasteiger partial charge >= 0.3 is 5.97 Å². The van der Waals surface area contributed by atoms with E-state index >= 15 is 0 Å². The van der Waals surface area contributed by atoms with Gasteiger partial charge in [-0.2, -0.15) is 0 Å². The molecule has 0 aromatic carbocycles. The fourth-order valence-corrected chi connectivity index (χ4v) is 8.60. The van der Waals surface area contributed by atoms with Gasteiger partial charge in [0.1, 0.15) is 54.9 Å². The van der Waals surface area contributed by atoms with Crippen LogP contribution in [0.5, 0.6) is 0 Å². The molecule has 0 spiro atoms. The topological polar surface area (TPSA) is 214 Å². The first-order chi connectivity index (χ1) is 33.6. The Morgan fingerprint density at radius 3 is 1.43 bits per heavy atom. The van der Waals surface area contributed by atoms with Crippen LogP contribution in [0.15, 0.2) is 36.5 Å². The summed E-state index contributed by atoms with van der Waals surface area (Å²) in [5.41, 5.74) is 0. The molecule has 0 saturated carbocycles. The highest BCUT2D eigenvalue weighted by Crippen LogP contribution is 2.26. The standard InChI is InChI=1S/C55H100O14/c1-3-5-7-9-11-13-15-17-19-21-22-23-24-26-28-30-32-34-36-38-47(57)67-44(41-64-39-37-35-33-31-29-27-25-20-18-16-14-12-10-8-6-4-2)42-65-54-53(63)51(61)49(59)46(69-54)43-66-55-52(62)50(60)48(58)45(40-56)68-55/h11,13,17-20,44-46,48-56,58-63H,3-10,12,14-16,21-43H2,1-2H3/b13-11-,19-17-,20-18-. The van der Waals surface area contributed by atoms with Crippen LogP contribution in [0.1, 0.15) is 206 Å². The average Bonchev–Trinajstić information content (AvgIpc) is 3.35. The lowest BCUT2D eigenvalue weighted by molar-refractivity contribution is -0.332. The molecule has 404 valence electrons. The Morgan fingerprint density at radius 1 is 0.478 bits per heavy atom. The molecular weight excluding hydrogens is 885 g/mol. The van der Waals surface area contributed by atoms with Crippen molar-refractivity contribution in [1.82, 2.24) is 0 Å². The second-order valence-corrected chi connectivity index (χ2v) is 19.4. The van der Waals surface area contributed by atoms with Crippen LogP contribution in [0.2, 0.25) is 0 Å². The Hall–Kier alpha value is -1.79. The van der Waals surface area contributed by atoms with Crippen molar-refractivity contribution < 1.29 is 69.0 Å². The van der Waals surface area contributed by atoms with Gasteiger partial charge in [0.15, 0.2) is 12.6 Å². The number of hydrogen-bond acceptors (Lipinski definition) is 14. The van der Waals surface area contributed by atoms with Gasteiger partial charge in [0.2, 0.25) is 0 Å². The summed E-state index contributed by atoms with van der Waals surface area (Å²) < 4.78 is 34.3. The number of esters is 1. The Morgan fingerprint density at radius 2 is 0.899 bits per heavy atom. The molecule has 0 radical (unpaired) electrons. The third-order valence-corrected chi connectivity index (χ3v) is 13.1. The first-order valence-corrected chi connectivity index (χ1v) is 27.6. The van der Waals surface area contributed by atoms with Crippen molar-refractivity contribution in [2.75, 3.05) is 33.0 Å². The molecule has 2 fully saturated rings. The van der Waals surface area contributed by atoms with E-state index in [1.54, 1.807) is 0 Å². The second kappa shape index (κ2) is 42.7. The number of rotatable bonds is 44. The molecule has 2 saturated heterocycles. The summed E-state index contributed by atoms with van der Waals surface area (Å²) in [6.45, 7) is 3.66. The molecule has 0 amide bonds. The molecule has 2 aliphatic rings. The number of aliphatic hydroxyl groups is 7. The SMILES string of the molecule is CCCCC/C=C\C/C=C\CCCCCCCCCCCC(=O)OC(COCCCCCCCC/C=C\CCCCCCCC)COC1OC(COC2OC(CO)C(O)C(O)C2O)C(O)C(O)C1O. The first kappa shape index (κ1) is 63.3. The summed E-state index contributed by atoms with van der Waals surface area (Å²) in [4.78, 5) is 13.0. The van der Waals surface area contributed by atoms with E-state index in [4.69, 9.17) is 28.4 Å². The van der Waals surface area contributed by atoms with E-state index in [2.05, 4.69) is 50.3 Å². The molecule has 14 nitrogen and oxygen atoms in total. The third kappa shape index (κ3) is 30.1. The van der Waals surface area contributed by atoms with Gasteiger partial charge in [-0.05, 0) is 70.6 Å². The zero-order valence-corrected chi connectivity index (χ0v) is 43.1. The number of hydrogen-bond donors (Lipinski definition) is 7. The average molecular weight is 985 g/mol. The maximum atomic E-state index is 13.0. The van der Waals surface area contributed by atoms with E-state index in [9.17, 15) is 40.5 Å². The number of allylic oxidation sites excluding steroid dienone is 6. The van der Waals surface area contributed by atoms with Crippen molar-refractivity contribution in [2.45, 2.75) is 274 Å². The lowest BCUT2D eigenvalue weighted by Crippen LogP contribution is -2.61. The summed E-state index contributed by atoms with van der Waals surface area (Å²) in [6.07, 6.45) is 32.0. The number of ether oxygens (including phenoxy) is 6. The molecule has 2 rings (SSSR count). The van der Waals surface area contributed by atoms with Crippen LogP contribution in [0.4, 0.5) is 0 Å². The molecule has 14 heteroatoms. The monoisotopic (exact) mass is 985 g/mol. The molecule has 69 heavy (non-hydrogen) atoms. The van der Waals surface area contributed by atoms with Gasteiger partial charge in [-0.15, -0.1) is 0 Å². The molecule has 0 aromatic heterocycles. The van der Waals surface area contributed by atoms with Crippen LogP contribution in [0.25, 0.3) is 0 Å². The lowest BCUT2D eigenvalue weighted by Gasteiger charge is -2.42. The molecular formula is C55H100O14. The molecule has 0 aromatic rings. The largest absolute Gasteiger partial charge is 0.457 e. The highest BCUT2D eigenvalue weighted by Gasteiger charge is 2.47. The van der Waals surface area contributed by atoms with Crippen molar-refractivity contribution in [3.63, 3.8) is 0 Å². The predicted molar refractivity (Wildman–Crippen MR) is 270 cm³/mol. The van der Waals surface area contributed by atoms with Gasteiger partial charge in [0.25, 0.3) is 0 Å². The Labute approximate surface area is 417 Å². The lowest BCUT2D eigenvalue weighted by atomic mass is 9.98. The summed E-state index contributed by atoms with van der Waals surface area (Å²) in [6, 6.07) is 0. The summed E-state index contributed by atoms with van der Waals surface area (Å²) in [7, 11) is 0. The maximum Gasteiger partial charge on any atom is 0.306 e. The van der Waals surface area contributed by atoms with Crippen molar-refractivity contribution in [1.29, 1.82) is 0 Å². The number of unbranched alkanes of at least 4 members (excludes halogenated alkanes) is 24. The smallest absolute Gasteiger partial charge is 0.306 e. The normalized spacial score (nSPS) is 25.9. The fourth-order valence-electron chi connectivity index (χ4n) is 8.60. The molecule has 11 atom stereocenters.